The Balaban J connectivity index is 2.00. The van der Waals surface area contributed by atoms with Crippen molar-refractivity contribution in [3.05, 3.63) is 64.8 Å². The standard InChI is InChI=1S/C15H10Cl2N2/c16-11-6-7-18-15(8-11)19-12-5-4-10-2-1-3-14(17)13(10)9-12/h1-9H,(H,18,19). The third kappa shape index (κ3) is 2.65. The lowest BCUT2D eigenvalue weighted by Crippen LogP contribution is -1.92. The Morgan fingerprint density at radius 2 is 1.84 bits per heavy atom. The summed E-state index contributed by atoms with van der Waals surface area (Å²) in [5.41, 5.74) is 0.926. The average Bonchev–Trinajstić information content (AvgIpc) is 2.40. The van der Waals surface area contributed by atoms with Crippen LogP contribution in [0.15, 0.2) is 54.7 Å². The van der Waals surface area contributed by atoms with Gasteiger partial charge >= 0.3 is 0 Å². The van der Waals surface area contributed by atoms with Crippen molar-refractivity contribution < 1.29 is 0 Å². The van der Waals surface area contributed by atoms with Crippen LogP contribution in [-0.2, 0) is 0 Å². The predicted octanol–water partition coefficient (Wildman–Crippen LogP) is 5.29. The Hall–Kier alpha value is -1.77. The van der Waals surface area contributed by atoms with Crippen LogP contribution in [0.3, 0.4) is 0 Å². The van der Waals surface area contributed by atoms with Gasteiger partial charge in [-0.25, -0.2) is 4.98 Å². The number of benzene rings is 2. The fourth-order valence-electron chi connectivity index (χ4n) is 1.93. The lowest BCUT2D eigenvalue weighted by Gasteiger charge is -2.08. The van der Waals surface area contributed by atoms with Crippen LogP contribution in [0.25, 0.3) is 10.8 Å². The number of aromatic nitrogens is 1. The summed E-state index contributed by atoms with van der Waals surface area (Å²) in [4.78, 5) is 4.21. The van der Waals surface area contributed by atoms with Crippen LogP contribution in [0.5, 0.6) is 0 Å². The highest BCUT2D eigenvalue weighted by molar-refractivity contribution is 6.35. The van der Waals surface area contributed by atoms with Gasteiger partial charge in [0.15, 0.2) is 0 Å². The van der Waals surface area contributed by atoms with Crippen LogP contribution in [0.2, 0.25) is 10.0 Å². The smallest absolute Gasteiger partial charge is 0.131 e. The predicted molar refractivity (Wildman–Crippen MR) is 81.5 cm³/mol. The molecule has 1 aromatic heterocycles. The molecule has 0 saturated heterocycles. The van der Waals surface area contributed by atoms with Gasteiger partial charge in [0, 0.05) is 27.3 Å². The van der Waals surface area contributed by atoms with Crippen molar-refractivity contribution in [3.8, 4) is 0 Å². The molecule has 1 N–H and O–H groups in total. The van der Waals surface area contributed by atoms with E-state index in [-0.39, 0.29) is 0 Å². The summed E-state index contributed by atoms with van der Waals surface area (Å²) in [7, 11) is 0. The Morgan fingerprint density at radius 1 is 0.947 bits per heavy atom. The van der Waals surface area contributed by atoms with Gasteiger partial charge in [-0.05, 0) is 35.7 Å². The fourth-order valence-corrected chi connectivity index (χ4v) is 2.33. The molecule has 94 valence electrons. The molecule has 0 radical (unpaired) electrons. The number of rotatable bonds is 2. The van der Waals surface area contributed by atoms with Crippen LogP contribution in [0, 0.1) is 0 Å². The highest BCUT2D eigenvalue weighted by Gasteiger charge is 2.01. The van der Waals surface area contributed by atoms with Gasteiger partial charge in [-0.1, -0.05) is 41.4 Å². The molecule has 0 aliphatic carbocycles. The molecule has 1 heterocycles. The minimum atomic E-state index is 0.649. The first-order valence-corrected chi connectivity index (χ1v) is 6.55. The van der Waals surface area contributed by atoms with Crippen molar-refractivity contribution in [1.29, 1.82) is 0 Å². The number of nitrogens with zero attached hydrogens (tertiary/aromatic N) is 1. The van der Waals surface area contributed by atoms with Crippen LogP contribution in [0.1, 0.15) is 0 Å². The quantitative estimate of drug-likeness (QED) is 0.693. The van der Waals surface area contributed by atoms with Crippen molar-refractivity contribution in [2.45, 2.75) is 0 Å². The normalized spacial score (nSPS) is 10.6. The lowest BCUT2D eigenvalue weighted by atomic mass is 10.1. The summed E-state index contributed by atoms with van der Waals surface area (Å²) in [5.74, 6) is 0.707. The zero-order valence-corrected chi connectivity index (χ0v) is 11.4. The van der Waals surface area contributed by atoms with Crippen LogP contribution in [0.4, 0.5) is 11.5 Å². The third-order valence-electron chi connectivity index (χ3n) is 2.82. The number of fused-ring (bicyclic) bond motifs is 1. The molecular weight excluding hydrogens is 279 g/mol. The Labute approximate surface area is 121 Å². The largest absolute Gasteiger partial charge is 0.340 e. The second kappa shape index (κ2) is 5.08. The van der Waals surface area contributed by atoms with E-state index >= 15 is 0 Å². The molecule has 0 saturated carbocycles. The molecule has 3 rings (SSSR count). The van der Waals surface area contributed by atoms with Crippen molar-refractivity contribution in [2.75, 3.05) is 5.32 Å². The molecule has 4 heteroatoms. The second-order valence-electron chi connectivity index (χ2n) is 4.16. The zero-order valence-electron chi connectivity index (χ0n) is 9.90. The monoisotopic (exact) mass is 288 g/mol. The summed E-state index contributed by atoms with van der Waals surface area (Å²) in [5, 5.41) is 6.71. The second-order valence-corrected chi connectivity index (χ2v) is 5.00. The zero-order chi connectivity index (χ0) is 13.2. The van der Waals surface area contributed by atoms with Gasteiger partial charge in [0.05, 0.1) is 0 Å². The number of halogens is 2. The Morgan fingerprint density at radius 3 is 2.68 bits per heavy atom. The van der Waals surface area contributed by atoms with Crippen molar-refractivity contribution >= 4 is 45.5 Å². The number of nitrogens with one attached hydrogen (secondary N) is 1. The van der Waals surface area contributed by atoms with Gasteiger partial charge in [0.2, 0.25) is 0 Å². The van der Waals surface area contributed by atoms with E-state index in [9.17, 15) is 0 Å². The minimum absolute atomic E-state index is 0.649. The van der Waals surface area contributed by atoms with E-state index in [1.807, 2.05) is 36.4 Å². The van der Waals surface area contributed by atoms with E-state index in [4.69, 9.17) is 23.2 Å². The number of anilines is 2. The molecule has 0 amide bonds. The molecule has 0 atom stereocenters. The van der Waals surface area contributed by atoms with Gasteiger partial charge in [-0.15, -0.1) is 0 Å². The van der Waals surface area contributed by atoms with E-state index in [1.165, 1.54) is 0 Å². The molecule has 0 spiro atoms. The maximum Gasteiger partial charge on any atom is 0.131 e. The molecule has 2 aromatic carbocycles. The van der Waals surface area contributed by atoms with Gasteiger partial charge in [0.25, 0.3) is 0 Å². The summed E-state index contributed by atoms with van der Waals surface area (Å²) < 4.78 is 0. The van der Waals surface area contributed by atoms with Crippen LogP contribution in [-0.4, -0.2) is 4.98 Å². The molecule has 0 aliphatic heterocycles. The molecule has 0 aliphatic rings. The van der Waals surface area contributed by atoms with Crippen molar-refractivity contribution in [3.63, 3.8) is 0 Å². The van der Waals surface area contributed by atoms with E-state index < -0.39 is 0 Å². The molecular formula is C15H10Cl2N2. The number of pyridine rings is 1. The van der Waals surface area contributed by atoms with Gasteiger partial charge in [-0.2, -0.15) is 0 Å². The SMILES string of the molecule is Clc1ccnc(Nc2ccc3cccc(Cl)c3c2)c1. The van der Waals surface area contributed by atoms with Gasteiger partial charge in [-0.3, -0.25) is 0 Å². The lowest BCUT2D eigenvalue weighted by molar-refractivity contribution is 1.31. The highest BCUT2D eigenvalue weighted by atomic mass is 35.5. The van der Waals surface area contributed by atoms with E-state index in [0.29, 0.717) is 10.8 Å². The van der Waals surface area contributed by atoms with Gasteiger partial charge < -0.3 is 5.32 Å². The van der Waals surface area contributed by atoms with Crippen LogP contribution >= 0.6 is 23.2 Å². The topological polar surface area (TPSA) is 24.9 Å². The molecule has 3 aromatic rings. The first kappa shape index (κ1) is 12.3. The van der Waals surface area contributed by atoms with Gasteiger partial charge in [0.1, 0.15) is 5.82 Å². The highest BCUT2D eigenvalue weighted by Crippen LogP contribution is 2.27. The van der Waals surface area contributed by atoms with E-state index in [1.54, 1.807) is 18.3 Å². The minimum Gasteiger partial charge on any atom is -0.340 e. The molecule has 19 heavy (non-hydrogen) atoms. The molecule has 0 fully saturated rings. The summed E-state index contributed by atoms with van der Waals surface area (Å²) >= 11 is 12.1. The van der Waals surface area contributed by atoms with Crippen LogP contribution < -0.4 is 5.32 Å². The maximum absolute atomic E-state index is 6.19. The first-order chi connectivity index (χ1) is 9.22. The average molecular weight is 289 g/mol. The summed E-state index contributed by atoms with van der Waals surface area (Å²) in [6, 6.07) is 15.4. The molecule has 0 unspecified atom stereocenters. The number of hydrogen-bond donors (Lipinski definition) is 1. The molecule has 2 nitrogen and oxygen atoms in total. The van der Waals surface area contributed by atoms with E-state index in [0.717, 1.165) is 21.5 Å². The number of hydrogen-bond acceptors (Lipinski definition) is 2. The van der Waals surface area contributed by atoms with E-state index in [2.05, 4.69) is 10.3 Å². The third-order valence-corrected chi connectivity index (χ3v) is 3.39. The fraction of sp³-hybridized carbons (Fsp3) is 0. The van der Waals surface area contributed by atoms with Crippen molar-refractivity contribution in [1.82, 2.24) is 4.98 Å². The first-order valence-electron chi connectivity index (χ1n) is 5.79. The summed E-state index contributed by atoms with van der Waals surface area (Å²) in [6.45, 7) is 0. The maximum atomic E-state index is 6.19. The van der Waals surface area contributed by atoms with Crippen molar-refractivity contribution in [2.24, 2.45) is 0 Å². The Kier molecular flexibility index (Phi) is 3.28. The molecule has 0 bridgehead atoms. The Bertz CT molecular complexity index is 741. The summed E-state index contributed by atoms with van der Waals surface area (Å²) in [6.07, 6.45) is 1.67.